The van der Waals surface area contributed by atoms with Crippen LogP contribution >= 0.6 is 0 Å². The molecule has 5 nitrogen and oxygen atoms in total. The zero-order chi connectivity index (χ0) is 19.2. The molecule has 3 rings (SSSR count). The third-order valence-electron chi connectivity index (χ3n) is 5.17. The van der Waals surface area contributed by atoms with E-state index < -0.39 is 0 Å². The number of hydrogen-bond donors (Lipinski definition) is 2. The average Bonchev–Trinajstić information content (AvgIpc) is 2.68. The number of rotatable bonds is 5. The Hall–Kier alpha value is -2.56. The molecule has 0 bridgehead atoms. The van der Waals surface area contributed by atoms with Gasteiger partial charge in [-0.1, -0.05) is 39.0 Å². The lowest BCUT2D eigenvalue weighted by Crippen LogP contribution is -2.33. The number of aliphatic imine (C=N–C) groups is 1. The lowest BCUT2D eigenvalue weighted by Gasteiger charge is -2.31. The molecule has 3 N–H and O–H groups in total. The number of nitrogens with zero attached hydrogens (tertiary/aromatic N) is 3. The molecule has 0 atom stereocenters. The van der Waals surface area contributed by atoms with Crippen LogP contribution in [0.2, 0.25) is 0 Å². The van der Waals surface area contributed by atoms with E-state index in [1.165, 1.54) is 18.4 Å². The smallest absolute Gasteiger partial charge is 0.193 e. The summed E-state index contributed by atoms with van der Waals surface area (Å²) in [5.74, 6) is 2.79. The van der Waals surface area contributed by atoms with Crippen molar-refractivity contribution >= 4 is 17.5 Å². The van der Waals surface area contributed by atoms with Gasteiger partial charge in [-0.25, -0.2) is 9.98 Å². The maximum absolute atomic E-state index is 6.05. The molecular weight excluding hydrogens is 334 g/mol. The molecule has 1 saturated heterocycles. The molecule has 1 aliphatic heterocycles. The number of aromatic nitrogens is 1. The van der Waals surface area contributed by atoms with E-state index >= 15 is 0 Å². The van der Waals surface area contributed by atoms with Crippen LogP contribution in [-0.4, -0.2) is 24.0 Å². The zero-order valence-corrected chi connectivity index (χ0v) is 16.7. The van der Waals surface area contributed by atoms with Gasteiger partial charge in [-0.15, -0.1) is 0 Å². The molecular formula is C22H31N5. The van der Waals surface area contributed by atoms with Crippen LogP contribution in [0.1, 0.15) is 50.7 Å². The summed E-state index contributed by atoms with van der Waals surface area (Å²) < 4.78 is 0. The largest absolute Gasteiger partial charge is 0.370 e. The van der Waals surface area contributed by atoms with Gasteiger partial charge in [0.1, 0.15) is 5.82 Å². The van der Waals surface area contributed by atoms with Crippen molar-refractivity contribution in [2.75, 3.05) is 23.3 Å². The van der Waals surface area contributed by atoms with Crippen molar-refractivity contribution in [3.63, 3.8) is 0 Å². The quantitative estimate of drug-likeness (QED) is 0.610. The molecule has 0 aliphatic carbocycles. The fourth-order valence-electron chi connectivity index (χ4n) is 3.27. The summed E-state index contributed by atoms with van der Waals surface area (Å²) in [6, 6.07) is 12.5. The number of benzene rings is 1. The number of nitrogens with one attached hydrogen (secondary N) is 1. The summed E-state index contributed by atoms with van der Waals surface area (Å²) >= 11 is 0. The molecule has 1 aromatic carbocycles. The summed E-state index contributed by atoms with van der Waals surface area (Å²) in [4.78, 5) is 11.4. The molecule has 27 heavy (non-hydrogen) atoms. The Kier molecular flexibility index (Phi) is 6.32. The molecule has 5 heteroatoms. The zero-order valence-electron chi connectivity index (χ0n) is 16.7. The van der Waals surface area contributed by atoms with E-state index in [1.54, 1.807) is 0 Å². The lowest BCUT2D eigenvalue weighted by atomic mass is 9.99. The topological polar surface area (TPSA) is 66.5 Å². The van der Waals surface area contributed by atoms with Crippen LogP contribution in [0.5, 0.6) is 0 Å². The van der Waals surface area contributed by atoms with Crippen LogP contribution < -0.4 is 16.0 Å². The SMILES string of the molecule is CC1CCN(c2ccc(CN=C(N)Nc3cccc(C(C)C)c3)cn2)CC1. The summed E-state index contributed by atoms with van der Waals surface area (Å²) in [5.41, 5.74) is 9.36. The number of piperidine rings is 1. The average molecular weight is 366 g/mol. The molecule has 0 unspecified atom stereocenters. The molecule has 1 aliphatic rings. The highest BCUT2D eigenvalue weighted by molar-refractivity contribution is 5.92. The molecule has 0 amide bonds. The van der Waals surface area contributed by atoms with Crippen molar-refractivity contribution in [2.24, 2.45) is 16.6 Å². The van der Waals surface area contributed by atoms with Crippen molar-refractivity contribution in [2.45, 2.75) is 46.1 Å². The van der Waals surface area contributed by atoms with Crippen LogP contribution in [0.3, 0.4) is 0 Å². The van der Waals surface area contributed by atoms with Crippen molar-refractivity contribution in [1.29, 1.82) is 0 Å². The fourth-order valence-corrected chi connectivity index (χ4v) is 3.27. The van der Waals surface area contributed by atoms with Crippen molar-refractivity contribution < 1.29 is 0 Å². The Labute approximate surface area is 162 Å². The second kappa shape index (κ2) is 8.89. The van der Waals surface area contributed by atoms with Gasteiger partial charge in [0, 0.05) is 25.0 Å². The minimum atomic E-state index is 0.421. The van der Waals surface area contributed by atoms with Crippen molar-refractivity contribution in [3.05, 3.63) is 53.7 Å². The van der Waals surface area contributed by atoms with Gasteiger partial charge >= 0.3 is 0 Å². The highest BCUT2D eigenvalue weighted by Gasteiger charge is 2.16. The maximum atomic E-state index is 6.05. The number of nitrogens with two attached hydrogens (primary N) is 1. The van der Waals surface area contributed by atoms with Gasteiger partial charge in [-0.2, -0.15) is 0 Å². The Morgan fingerprint density at radius 2 is 2.04 bits per heavy atom. The predicted molar refractivity (Wildman–Crippen MR) is 114 cm³/mol. The Bertz CT molecular complexity index is 759. The first-order valence-corrected chi connectivity index (χ1v) is 9.88. The minimum Gasteiger partial charge on any atom is -0.370 e. The molecule has 2 heterocycles. The van der Waals surface area contributed by atoms with Crippen LogP contribution in [-0.2, 0) is 6.54 Å². The van der Waals surface area contributed by atoms with Crippen molar-refractivity contribution in [1.82, 2.24) is 4.98 Å². The normalized spacial score (nSPS) is 16.0. The fraction of sp³-hybridized carbons (Fsp3) is 0.455. The third kappa shape index (κ3) is 5.46. The van der Waals surface area contributed by atoms with E-state index in [2.05, 4.69) is 65.2 Å². The van der Waals surface area contributed by atoms with Gasteiger partial charge in [0.2, 0.25) is 0 Å². The van der Waals surface area contributed by atoms with Gasteiger partial charge < -0.3 is 16.0 Å². The molecule has 0 saturated carbocycles. The molecule has 2 aromatic rings. The van der Waals surface area contributed by atoms with Gasteiger partial charge in [0.15, 0.2) is 5.96 Å². The van der Waals surface area contributed by atoms with Gasteiger partial charge in [0.25, 0.3) is 0 Å². The second-order valence-electron chi connectivity index (χ2n) is 7.80. The van der Waals surface area contributed by atoms with E-state index in [4.69, 9.17) is 5.73 Å². The van der Waals surface area contributed by atoms with E-state index in [-0.39, 0.29) is 0 Å². The highest BCUT2D eigenvalue weighted by atomic mass is 15.2. The highest BCUT2D eigenvalue weighted by Crippen LogP contribution is 2.21. The van der Waals surface area contributed by atoms with E-state index in [1.807, 2.05) is 18.3 Å². The van der Waals surface area contributed by atoms with Crippen LogP contribution in [0, 0.1) is 5.92 Å². The molecule has 1 aromatic heterocycles. The number of hydrogen-bond acceptors (Lipinski definition) is 3. The third-order valence-corrected chi connectivity index (χ3v) is 5.17. The summed E-state index contributed by atoms with van der Waals surface area (Å²) in [7, 11) is 0. The standard InChI is InChI=1S/C22H31N5/c1-16(2)19-5-4-6-20(13-19)26-22(23)25-15-18-7-8-21(24-14-18)27-11-9-17(3)10-12-27/h4-8,13-14,16-17H,9-12,15H2,1-3H3,(H3,23,25,26). The first-order valence-electron chi connectivity index (χ1n) is 9.88. The van der Waals surface area contributed by atoms with Crippen LogP contribution in [0.4, 0.5) is 11.5 Å². The summed E-state index contributed by atoms with van der Waals surface area (Å²) in [6.07, 6.45) is 4.39. The minimum absolute atomic E-state index is 0.421. The first-order chi connectivity index (χ1) is 13.0. The van der Waals surface area contributed by atoms with E-state index in [0.29, 0.717) is 18.4 Å². The molecule has 144 valence electrons. The monoisotopic (exact) mass is 365 g/mol. The van der Waals surface area contributed by atoms with Gasteiger partial charge in [0.05, 0.1) is 6.54 Å². The Morgan fingerprint density at radius 1 is 1.26 bits per heavy atom. The summed E-state index contributed by atoms with van der Waals surface area (Å²) in [5, 5.41) is 3.17. The molecule has 0 radical (unpaired) electrons. The Morgan fingerprint density at radius 3 is 2.70 bits per heavy atom. The van der Waals surface area contributed by atoms with Crippen molar-refractivity contribution in [3.8, 4) is 0 Å². The number of pyridine rings is 1. The van der Waals surface area contributed by atoms with Gasteiger partial charge in [-0.3, -0.25) is 0 Å². The Balaban J connectivity index is 1.56. The number of anilines is 2. The lowest BCUT2D eigenvalue weighted by molar-refractivity contribution is 0.436. The van der Waals surface area contributed by atoms with E-state index in [9.17, 15) is 0 Å². The van der Waals surface area contributed by atoms with Gasteiger partial charge in [-0.05, 0) is 54.0 Å². The van der Waals surface area contributed by atoms with Crippen LogP contribution in [0.15, 0.2) is 47.6 Å². The second-order valence-corrected chi connectivity index (χ2v) is 7.80. The summed E-state index contributed by atoms with van der Waals surface area (Å²) in [6.45, 7) is 9.39. The first kappa shape index (κ1) is 19.2. The van der Waals surface area contributed by atoms with Crippen LogP contribution in [0.25, 0.3) is 0 Å². The van der Waals surface area contributed by atoms with E-state index in [0.717, 1.165) is 36.1 Å². The predicted octanol–water partition coefficient (Wildman–Crippen LogP) is 4.37. The maximum Gasteiger partial charge on any atom is 0.193 e. The number of guanidine groups is 1. The molecule has 0 spiro atoms. The molecule has 1 fully saturated rings.